The number of aryl methyl sites for hydroxylation is 1. The standard InChI is InChI=1S/C34H43N3O2/c1-34(2,3)31-22-30(37(4)36-31)33(39)35-27-17-11-16-26(20-27)32(38)28-19-18-25(23-12-7-5-8-13-23)21-29(28)24-14-9-6-10-15-24/h11,16-24H,5-10,12-15H2,1-4H3,(H,35,39). The maximum atomic E-state index is 13.9. The zero-order valence-corrected chi connectivity index (χ0v) is 24.1. The van der Waals surface area contributed by atoms with Crippen molar-refractivity contribution in [1.29, 1.82) is 0 Å². The van der Waals surface area contributed by atoms with E-state index in [4.69, 9.17) is 0 Å². The molecule has 2 aliphatic carbocycles. The summed E-state index contributed by atoms with van der Waals surface area (Å²) >= 11 is 0. The number of carbonyl (C=O) groups is 2. The highest BCUT2D eigenvalue weighted by Crippen LogP contribution is 2.39. The molecule has 3 aromatic rings. The van der Waals surface area contributed by atoms with Crippen molar-refractivity contribution in [1.82, 2.24) is 9.78 Å². The van der Waals surface area contributed by atoms with Gasteiger partial charge in [-0.2, -0.15) is 5.10 Å². The van der Waals surface area contributed by atoms with Gasteiger partial charge in [0.15, 0.2) is 5.78 Å². The zero-order chi connectivity index (χ0) is 27.6. The summed E-state index contributed by atoms with van der Waals surface area (Å²) in [5, 5.41) is 7.52. The smallest absolute Gasteiger partial charge is 0.273 e. The molecule has 2 fully saturated rings. The Labute approximate surface area is 233 Å². The average Bonchev–Trinajstić information content (AvgIpc) is 3.36. The van der Waals surface area contributed by atoms with Crippen LogP contribution in [-0.4, -0.2) is 21.5 Å². The molecule has 2 aliphatic rings. The molecule has 2 aromatic carbocycles. The van der Waals surface area contributed by atoms with E-state index in [2.05, 4.69) is 49.4 Å². The number of nitrogens with one attached hydrogen (secondary N) is 1. The molecule has 1 heterocycles. The van der Waals surface area contributed by atoms with Crippen LogP contribution < -0.4 is 5.32 Å². The summed E-state index contributed by atoms with van der Waals surface area (Å²) in [6, 6.07) is 15.9. The molecular weight excluding hydrogens is 482 g/mol. The number of benzene rings is 2. The number of amides is 1. The number of ketones is 1. The van der Waals surface area contributed by atoms with Crippen molar-refractivity contribution in [2.24, 2.45) is 7.05 Å². The van der Waals surface area contributed by atoms with E-state index in [0.717, 1.165) is 24.1 Å². The molecule has 1 amide bonds. The van der Waals surface area contributed by atoms with Gasteiger partial charge < -0.3 is 5.32 Å². The molecule has 0 radical (unpaired) electrons. The molecule has 0 spiro atoms. The molecular formula is C34H43N3O2. The van der Waals surface area contributed by atoms with E-state index in [1.165, 1.54) is 62.5 Å². The Morgan fingerprint density at radius 3 is 2.15 bits per heavy atom. The molecule has 0 saturated heterocycles. The predicted octanol–water partition coefficient (Wildman–Crippen LogP) is 8.30. The van der Waals surface area contributed by atoms with Gasteiger partial charge in [0.05, 0.1) is 5.69 Å². The van der Waals surface area contributed by atoms with E-state index in [1.54, 1.807) is 17.8 Å². The van der Waals surface area contributed by atoms with Gasteiger partial charge in [-0.1, -0.05) is 89.6 Å². The highest BCUT2D eigenvalue weighted by molar-refractivity contribution is 6.11. The van der Waals surface area contributed by atoms with E-state index < -0.39 is 0 Å². The number of anilines is 1. The lowest BCUT2D eigenvalue weighted by atomic mass is 9.77. The normalized spacial score (nSPS) is 17.2. The van der Waals surface area contributed by atoms with Gasteiger partial charge in [-0.15, -0.1) is 0 Å². The zero-order valence-electron chi connectivity index (χ0n) is 24.1. The Morgan fingerprint density at radius 1 is 0.846 bits per heavy atom. The molecule has 0 atom stereocenters. The quantitative estimate of drug-likeness (QED) is 0.329. The second-order valence-corrected chi connectivity index (χ2v) is 12.7. The van der Waals surface area contributed by atoms with Crippen LogP contribution in [0.15, 0.2) is 48.5 Å². The van der Waals surface area contributed by atoms with E-state index in [0.29, 0.717) is 28.8 Å². The molecule has 206 valence electrons. The third-order valence-corrected chi connectivity index (χ3v) is 8.71. The lowest BCUT2D eigenvalue weighted by Crippen LogP contribution is -2.17. The second kappa shape index (κ2) is 11.5. The molecule has 0 unspecified atom stereocenters. The number of aromatic nitrogens is 2. The van der Waals surface area contributed by atoms with Crippen LogP contribution in [0.25, 0.3) is 0 Å². The summed E-state index contributed by atoms with van der Waals surface area (Å²) < 4.78 is 1.62. The Kier molecular flexibility index (Phi) is 8.06. The SMILES string of the molecule is Cn1nc(C(C)(C)C)cc1C(=O)Nc1cccc(C(=O)c2ccc(C3CCCCC3)cc2C2CCCCC2)c1. The van der Waals surface area contributed by atoms with Crippen LogP contribution in [0.1, 0.15) is 140 Å². The Morgan fingerprint density at radius 2 is 1.51 bits per heavy atom. The Bertz CT molecular complexity index is 1330. The maximum absolute atomic E-state index is 13.9. The summed E-state index contributed by atoms with van der Waals surface area (Å²) in [7, 11) is 1.79. The van der Waals surface area contributed by atoms with Crippen LogP contribution in [0, 0.1) is 0 Å². The van der Waals surface area contributed by atoms with Crippen molar-refractivity contribution in [2.45, 2.75) is 102 Å². The van der Waals surface area contributed by atoms with Crippen LogP contribution in [0.4, 0.5) is 5.69 Å². The van der Waals surface area contributed by atoms with Gasteiger partial charge in [-0.3, -0.25) is 14.3 Å². The van der Waals surface area contributed by atoms with Crippen molar-refractivity contribution in [3.05, 3.63) is 82.2 Å². The molecule has 1 aromatic heterocycles. The van der Waals surface area contributed by atoms with Crippen molar-refractivity contribution in [3.8, 4) is 0 Å². The minimum atomic E-state index is -0.232. The first-order valence-corrected chi connectivity index (χ1v) is 14.8. The Balaban J connectivity index is 1.41. The number of hydrogen-bond acceptors (Lipinski definition) is 3. The van der Waals surface area contributed by atoms with Gasteiger partial charge in [0.2, 0.25) is 0 Å². The van der Waals surface area contributed by atoms with Crippen molar-refractivity contribution < 1.29 is 9.59 Å². The van der Waals surface area contributed by atoms with E-state index in [-0.39, 0.29) is 17.1 Å². The average molecular weight is 526 g/mol. The minimum absolute atomic E-state index is 0.0393. The molecule has 5 rings (SSSR count). The van der Waals surface area contributed by atoms with Gasteiger partial charge in [0, 0.05) is 29.3 Å². The topological polar surface area (TPSA) is 64.0 Å². The summed E-state index contributed by atoms with van der Waals surface area (Å²) in [5.41, 5.74) is 5.91. The highest BCUT2D eigenvalue weighted by atomic mass is 16.2. The van der Waals surface area contributed by atoms with Gasteiger partial charge in [-0.05, 0) is 66.8 Å². The monoisotopic (exact) mass is 525 g/mol. The fourth-order valence-corrected chi connectivity index (χ4v) is 6.36. The molecule has 1 N–H and O–H groups in total. The summed E-state index contributed by atoms with van der Waals surface area (Å²) in [5.74, 6) is 0.878. The van der Waals surface area contributed by atoms with Crippen LogP contribution in [0.2, 0.25) is 0 Å². The first-order valence-electron chi connectivity index (χ1n) is 14.8. The molecule has 5 nitrogen and oxygen atoms in total. The molecule has 0 aliphatic heterocycles. The second-order valence-electron chi connectivity index (χ2n) is 12.7. The number of rotatable bonds is 6. The fraction of sp³-hybridized carbons (Fsp3) is 0.500. The van der Waals surface area contributed by atoms with Gasteiger partial charge in [0.1, 0.15) is 5.69 Å². The number of hydrogen-bond donors (Lipinski definition) is 1. The maximum Gasteiger partial charge on any atom is 0.273 e. The van der Waals surface area contributed by atoms with E-state index in [1.807, 2.05) is 24.3 Å². The van der Waals surface area contributed by atoms with Crippen molar-refractivity contribution in [2.75, 3.05) is 5.32 Å². The highest BCUT2D eigenvalue weighted by Gasteiger charge is 2.26. The van der Waals surface area contributed by atoms with Crippen molar-refractivity contribution >= 4 is 17.4 Å². The predicted molar refractivity (Wildman–Crippen MR) is 158 cm³/mol. The van der Waals surface area contributed by atoms with Crippen LogP contribution in [0.3, 0.4) is 0 Å². The van der Waals surface area contributed by atoms with E-state index in [9.17, 15) is 9.59 Å². The van der Waals surface area contributed by atoms with Crippen molar-refractivity contribution in [3.63, 3.8) is 0 Å². The van der Waals surface area contributed by atoms with Crippen LogP contribution >= 0.6 is 0 Å². The van der Waals surface area contributed by atoms with Gasteiger partial charge in [-0.25, -0.2) is 0 Å². The minimum Gasteiger partial charge on any atom is -0.321 e. The summed E-state index contributed by atoms with van der Waals surface area (Å²) in [6.07, 6.45) is 12.5. The molecule has 2 saturated carbocycles. The number of nitrogens with zero attached hydrogens (tertiary/aromatic N) is 2. The van der Waals surface area contributed by atoms with Crippen LogP contribution in [-0.2, 0) is 12.5 Å². The lowest BCUT2D eigenvalue weighted by Gasteiger charge is -2.27. The van der Waals surface area contributed by atoms with Gasteiger partial charge in [0.25, 0.3) is 5.91 Å². The van der Waals surface area contributed by atoms with Crippen LogP contribution in [0.5, 0.6) is 0 Å². The largest absolute Gasteiger partial charge is 0.321 e. The fourth-order valence-electron chi connectivity index (χ4n) is 6.36. The lowest BCUT2D eigenvalue weighted by molar-refractivity contribution is 0.101. The Hall–Kier alpha value is -3.21. The third kappa shape index (κ3) is 6.18. The molecule has 5 heteroatoms. The number of carbonyl (C=O) groups excluding carboxylic acids is 2. The first kappa shape index (κ1) is 27.4. The third-order valence-electron chi connectivity index (χ3n) is 8.71. The summed E-state index contributed by atoms with van der Waals surface area (Å²) in [6.45, 7) is 6.24. The summed E-state index contributed by atoms with van der Waals surface area (Å²) in [4.78, 5) is 27.1. The first-order chi connectivity index (χ1) is 18.7. The molecule has 0 bridgehead atoms. The van der Waals surface area contributed by atoms with E-state index >= 15 is 0 Å². The molecule has 39 heavy (non-hydrogen) atoms. The van der Waals surface area contributed by atoms with Gasteiger partial charge >= 0.3 is 0 Å².